The standard InChI is InChI=1S/C10H19NO2/c1-6-7(2)13-8(9(12)11-5)10(6,3)4/h6-8H,1-5H3,(H,11,12)/t6-,7-,8+/m0/s1. The van der Waals surface area contributed by atoms with Gasteiger partial charge in [-0.3, -0.25) is 4.79 Å². The lowest BCUT2D eigenvalue weighted by atomic mass is 9.75. The van der Waals surface area contributed by atoms with Crippen LogP contribution in [-0.4, -0.2) is 25.2 Å². The van der Waals surface area contributed by atoms with Gasteiger partial charge in [-0.25, -0.2) is 0 Å². The molecule has 0 aromatic carbocycles. The van der Waals surface area contributed by atoms with Crippen LogP contribution in [0.2, 0.25) is 0 Å². The fraction of sp³-hybridized carbons (Fsp3) is 0.900. The SMILES string of the molecule is CNC(=O)[C@H]1O[C@@H](C)[C@H](C)C1(C)C. The van der Waals surface area contributed by atoms with Crippen molar-refractivity contribution < 1.29 is 9.53 Å². The first-order valence-electron chi connectivity index (χ1n) is 4.78. The molecule has 13 heavy (non-hydrogen) atoms. The Morgan fingerprint density at radius 2 is 1.92 bits per heavy atom. The Hall–Kier alpha value is -0.570. The maximum Gasteiger partial charge on any atom is 0.249 e. The summed E-state index contributed by atoms with van der Waals surface area (Å²) in [5.74, 6) is 0.399. The van der Waals surface area contributed by atoms with Crippen LogP contribution in [0.1, 0.15) is 27.7 Å². The Kier molecular flexibility index (Phi) is 2.66. The summed E-state index contributed by atoms with van der Waals surface area (Å²) >= 11 is 0. The molecule has 0 saturated carbocycles. The maximum atomic E-state index is 11.5. The van der Waals surface area contributed by atoms with E-state index in [-0.39, 0.29) is 23.5 Å². The largest absolute Gasteiger partial charge is 0.365 e. The number of likely N-dealkylation sites (N-methyl/N-ethyl adjacent to an activating group) is 1. The van der Waals surface area contributed by atoms with Crippen LogP contribution >= 0.6 is 0 Å². The van der Waals surface area contributed by atoms with E-state index in [0.717, 1.165) is 0 Å². The molecule has 3 heteroatoms. The first-order chi connectivity index (χ1) is 5.91. The van der Waals surface area contributed by atoms with Crippen molar-refractivity contribution in [3.63, 3.8) is 0 Å². The van der Waals surface area contributed by atoms with Gasteiger partial charge in [-0.05, 0) is 12.8 Å². The number of hydrogen-bond donors (Lipinski definition) is 1. The predicted molar refractivity (Wildman–Crippen MR) is 51.3 cm³/mol. The number of carbonyl (C=O) groups is 1. The van der Waals surface area contributed by atoms with Crippen LogP contribution in [0.5, 0.6) is 0 Å². The summed E-state index contributed by atoms with van der Waals surface area (Å²) in [4.78, 5) is 11.5. The quantitative estimate of drug-likeness (QED) is 0.666. The second-order valence-electron chi connectivity index (χ2n) is 4.45. The number of hydrogen-bond acceptors (Lipinski definition) is 2. The maximum absolute atomic E-state index is 11.5. The van der Waals surface area contributed by atoms with Crippen molar-refractivity contribution in [2.45, 2.75) is 39.9 Å². The van der Waals surface area contributed by atoms with E-state index in [1.807, 2.05) is 6.92 Å². The van der Waals surface area contributed by atoms with E-state index in [1.165, 1.54) is 0 Å². The normalized spacial score (nSPS) is 37.5. The van der Waals surface area contributed by atoms with Crippen molar-refractivity contribution in [3.05, 3.63) is 0 Å². The van der Waals surface area contributed by atoms with Crippen molar-refractivity contribution in [1.29, 1.82) is 0 Å². The van der Waals surface area contributed by atoms with E-state index >= 15 is 0 Å². The number of nitrogens with one attached hydrogen (secondary N) is 1. The molecule has 0 spiro atoms. The van der Waals surface area contributed by atoms with Crippen molar-refractivity contribution in [1.82, 2.24) is 5.32 Å². The molecule has 1 N–H and O–H groups in total. The van der Waals surface area contributed by atoms with Gasteiger partial charge in [0.2, 0.25) is 5.91 Å². The van der Waals surface area contributed by atoms with Gasteiger partial charge in [0.05, 0.1) is 6.10 Å². The third-order valence-corrected chi connectivity index (χ3v) is 3.39. The average Bonchev–Trinajstić information content (AvgIpc) is 2.28. The Labute approximate surface area is 79.8 Å². The topological polar surface area (TPSA) is 38.3 Å². The summed E-state index contributed by atoms with van der Waals surface area (Å²) < 4.78 is 5.63. The molecule has 3 nitrogen and oxygen atoms in total. The van der Waals surface area contributed by atoms with Gasteiger partial charge in [-0.1, -0.05) is 20.8 Å². The lowest BCUT2D eigenvalue weighted by Gasteiger charge is -2.27. The molecule has 0 aromatic heterocycles. The monoisotopic (exact) mass is 185 g/mol. The highest BCUT2D eigenvalue weighted by Gasteiger charge is 2.49. The van der Waals surface area contributed by atoms with Gasteiger partial charge >= 0.3 is 0 Å². The molecule has 0 unspecified atom stereocenters. The summed E-state index contributed by atoms with van der Waals surface area (Å²) in [5, 5.41) is 2.64. The zero-order valence-electron chi connectivity index (χ0n) is 9.05. The minimum Gasteiger partial charge on any atom is -0.365 e. The van der Waals surface area contributed by atoms with Crippen molar-refractivity contribution >= 4 is 5.91 Å². The van der Waals surface area contributed by atoms with E-state index in [9.17, 15) is 4.79 Å². The summed E-state index contributed by atoms with van der Waals surface area (Å²) in [6.45, 7) is 8.32. The molecule has 0 aliphatic carbocycles. The van der Waals surface area contributed by atoms with Crippen molar-refractivity contribution in [2.75, 3.05) is 7.05 Å². The van der Waals surface area contributed by atoms with Crippen molar-refractivity contribution in [3.8, 4) is 0 Å². The number of rotatable bonds is 1. The van der Waals surface area contributed by atoms with E-state index in [1.54, 1.807) is 7.05 Å². The summed E-state index contributed by atoms with van der Waals surface area (Å²) in [6, 6.07) is 0. The molecule has 1 fully saturated rings. The van der Waals surface area contributed by atoms with Crippen LogP contribution in [0.3, 0.4) is 0 Å². The van der Waals surface area contributed by atoms with Crippen molar-refractivity contribution in [2.24, 2.45) is 11.3 Å². The predicted octanol–water partition coefficient (Wildman–Crippen LogP) is 1.18. The molecule has 1 aliphatic heterocycles. The smallest absolute Gasteiger partial charge is 0.249 e. The molecule has 76 valence electrons. The molecule has 1 heterocycles. The molecular formula is C10H19NO2. The number of ether oxygens (including phenoxy) is 1. The fourth-order valence-electron chi connectivity index (χ4n) is 1.88. The van der Waals surface area contributed by atoms with E-state index in [2.05, 4.69) is 26.1 Å². The average molecular weight is 185 g/mol. The van der Waals surface area contributed by atoms with Crippen LogP contribution in [0.25, 0.3) is 0 Å². The third-order valence-electron chi connectivity index (χ3n) is 3.39. The lowest BCUT2D eigenvalue weighted by molar-refractivity contribution is -0.134. The van der Waals surface area contributed by atoms with Crippen LogP contribution < -0.4 is 5.32 Å². The molecule has 3 atom stereocenters. The molecule has 0 aromatic rings. The Morgan fingerprint density at radius 1 is 1.38 bits per heavy atom. The summed E-state index contributed by atoms with van der Waals surface area (Å²) in [5.41, 5.74) is -0.0699. The molecule has 1 aliphatic rings. The van der Waals surface area contributed by atoms with Crippen LogP contribution in [0.15, 0.2) is 0 Å². The van der Waals surface area contributed by atoms with Gasteiger partial charge in [0, 0.05) is 12.5 Å². The van der Waals surface area contributed by atoms with Crippen LogP contribution in [0, 0.1) is 11.3 Å². The zero-order chi connectivity index (χ0) is 10.2. The number of amides is 1. The number of carbonyl (C=O) groups excluding carboxylic acids is 1. The van der Waals surface area contributed by atoms with Gasteiger partial charge in [0.15, 0.2) is 0 Å². The Morgan fingerprint density at radius 3 is 2.23 bits per heavy atom. The second-order valence-corrected chi connectivity index (χ2v) is 4.45. The zero-order valence-corrected chi connectivity index (χ0v) is 9.05. The molecular weight excluding hydrogens is 166 g/mol. The van der Waals surface area contributed by atoms with Gasteiger partial charge in [-0.2, -0.15) is 0 Å². The van der Waals surface area contributed by atoms with E-state index < -0.39 is 0 Å². The molecule has 1 amide bonds. The summed E-state index contributed by atoms with van der Waals surface area (Å²) in [6.07, 6.45) is -0.139. The lowest BCUT2D eigenvalue weighted by Crippen LogP contribution is -2.41. The molecule has 1 saturated heterocycles. The first-order valence-corrected chi connectivity index (χ1v) is 4.78. The Balaban J connectivity index is 2.84. The summed E-state index contributed by atoms with van der Waals surface area (Å²) in [7, 11) is 1.65. The van der Waals surface area contributed by atoms with Crippen LogP contribution in [0.4, 0.5) is 0 Å². The fourth-order valence-corrected chi connectivity index (χ4v) is 1.88. The van der Waals surface area contributed by atoms with E-state index in [0.29, 0.717) is 5.92 Å². The van der Waals surface area contributed by atoms with Gasteiger partial charge in [0.25, 0.3) is 0 Å². The van der Waals surface area contributed by atoms with Crippen LogP contribution in [-0.2, 0) is 9.53 Å². The highest BCUT2D eigenvalue weighted by atomic mass is 16.5. The third kappa shape index (κ3) is 1.57. The minimum absolute atomic E-state index is 0.0128. The van der Waals surface area contributed by atoms with Gasteiger partial charge in [-0.15, -0.1) is 0 Å². The molecule has 1 rings (SSSR count). The van der Waals surface area contributed by atoms with E-state index in [4.69, 9.17) is 4.74 Å². The highest BCUT2D eigenvalue weighted by molar-refractivity contribution is 5.81. The minimum atomic E-state index is -0.303. The second kappa shape index (κ2) is 3.29. The molecule has 0 radical (unpaired) electrons. The molecule has 0 bridgehead atoms. The van der Waals surface area contributed by atoms with Gasteiger partial charge < -0.3 is 10.1 Å². The Bertz CT molecular complexity index is 213. The van der Waals surface area contributed by atoms with Gasteiger partial charge in [0.1, 0.15) is 6.10 Å². The first kappa shape index (κ1) is 10.5. The highest BCUT2D eigenvalue weighted by Crippen LogP contribution is 2.42.